The predicted molar refractivity (Wildman–Crippen MR) is 121 cm³/mol. The first-order valence-corrected chi connectivity index (χ1v) is 10.7. The van der Waals surface area contributed by atoms with Crippen molar-refractivity contribution in [1.29, 1.82) is 0 Å². The minimum Gasteiger partial charge on any atom is -0.481 e. The molecule has 170 valence electrons. The van der Waals surface area contributed by atoms with Gasteiger partial charge in [0.15, 0.2) is 0 Å². The number of aliphatic carboxylic acids is 1. The van der Waals surface area contributed by atoms with Gasteiger partial charge in [-0.2, -0.15) is 0 Å². The third-order valence-electron chi connectivity index (χ3n) is 5.45. The molecule has 0 radical (unpaired) electrons. The van der Waals surface area contributed by atoms with E-state index in [4.69, 9.17) is 15.6 Å². The van der Waals surface area contributed by atoms with Crippen LogP contribution < -0.4 is 11.1 Å². The van der Waals surface area contributed by atoms with Gasteiger partial charge in [0.1, 0.15) is 11.6 Å². The highest BCUT2D eigenvalue weighted by Crippen LogP contribution is 2.30. The average molecular weight is 439 g/mol. The van der Waals surface area contributed by atoms with Crippen molar-refractivity contribution in [3.8, 4) is 0 Å². The van der Waals surface area contributed by atoms with Gasteiger partial charge in [0.2, 0.25) is 0 Å². The van der Waals surface area contributed by atoms with E-state index in [0.29, 0.717) is 23.2 Å². The highest BCUT2D eigenvalue weighted by molar-refractivity contribution is 6.04. The highest BCUT2D eigenvalue weighted by Gasteiger charge is 2.24. The zero-order valence-electron chi connectivity index (χ0n) is 18.7. The van der Waals surface area contributed by atoms with Gasteiger partial charge >= 0.3 is 11.9 Å². The molecule has 7 nitrogen and oxygen atoms in total. The van der Waals surface area contributed by atoms with Crippen LogP contribution in [0.1, 0.15) is 66.7 Å². The Morgan fingerprint density at radius 1 is 1.12 bits per heavy atom. The van der Waals surface area contributed by atoms with Crippen LogP contribution in [0.2, 0.25) is 0 Å². The van der Waals surface area contributed by atoms with Crippen molar-refractivity contribution in [1.82, 2.24) is 0 Å². The summed E-state index contributed by atoms with van der Waals surface area (Å²) in [4.78, 5) is 35.9. The fourth-order valence-electron chi connectivity index (χ4n) is 3.88. The van der Waals surface area contributed by atoms with Gasteiger partial charge in [0.05, 0.1) is 0 Å². The number of carboxylic acid groups (broad SMARTS) is 1. The molecule has 1 amide bonds. The van der Waals surface area contributed by atoms with Crippen LogP contribution in [0.15, 0.2) is 42.5 Å². The maximum absolute atomic E-state index is 12.7. The normalized spacial score (nSPS) is 16.6. The molecule has 0 spiro atoms. The summed E-state index contributed by atoms with van der Waals surface area (Å²) in [5.74, 6) is -1.46. The number of amides is 1. The number of hydrogen-bond donors (Lipinski definition) is 3. The summed E-state index contributed by atoms with van der Waals surface area (Å²) in [6.45, 7) is 5.33. The van der Waals surface area contributed by atoms with Crippen molar-refractivity contribution in [2.45, 2.75) is 58.1 Å². The maximum Gasteiger partial charge on any atom is 0.328 e. The van der Waals surface area contributed by atoms with Crippen molar-refractivity contribution in [2.75, 3.05) is 5.32 Å². The van der Waals surface area contributed by atoms with E-state index in [-0.39, 0.29) is 18.2 Å². The fraction of sp³-hybridized carbons (Fsp3) is 0.400. The summed E-state index contributed by atoms with van der Waals surface area (Å²) < 4.78 is 5.31. The minimum atomic E-state index is -0.925. The Morgan fingerprint density at radius 2 is 1.81 bits per heavy atom. The number of carbonyl (C=O) groups excluding carboxylic acids is 2. The van der Waals surface area contributed by atoms with Gasteiger partial charge in [-0.1, -0.05) is 18.2 Å². The molecular weight excluding hydrogens is 408 g/mol. The molecule has 1 aliphatic rings. The van der Waals surface area contributed by atoms with Crippen LogP contribution in [-0.2, 0) is 27.2 Å². The first kappa shape index (κ1) is 23.5. The molecule has 2 atom stereocenters. The van der Waals surface area contributed by atoms with E-state index >= 15 is 0 Å². The fourth-order valence-corrected chi connectivity index (χ4v) is 3.88. The van der Waals surface area contributed by atoms with Crippen molar-refractivity contribution in [2.24, 2.45) is 11.7 Å². The average Bonchev–Trinajstić information content (AvgIpc) is 2.71. The third-order valence-corrected chi connectivity index (χ3v) is 5.45. The first-order valence-electron chi connectivity index (χ1n) is 10.7. The standard InChI is InChI=1S/C25H30N2O5/c1-25(2,3)32-24(31)22(26)17-6-8-18(9-7-17)23(30)27-20-11-10-16-5-4-15(13-21(28)29)12-19(16)14-20/h6-11,14-15,22H,4-5,12-13,26H2,1-3H3,(H,27,30)(H,28,29). The van der Waals surface area contributed by atoms with E-state index in [1.54, 1.807) is 45.0 Å². The van der Waals surface area contributed by atoms with Crippen molar-refractivity contribution >= 4 is 23.5 Å². The number of carbonyl (C=O) groups is 3. The molecule has 2 unspecified atom stereocenters. The van der Waals surface area contributed by atoms with Gasteiger partial charge in [-0.15, -0.1) is 0 Å². The molecule has 0 aliphatic heterocycles. The lowest BCUT2D eigenvalue weighted by molar-refractivity contribution is -0.156. The molecule has 0 heterocycles. The number of nitrogens with one attached hydrogen (secondary N) is 1. The smallest absolute Gasteiger partial charge is 0.328 e. The molecule has 2 aromatic rings. The Morgan fingerprint density at radius 3 is 2.44 bits per heavy atom. The van der Waals surface area contributed by atoms with Gasteiger partial charge in [0.25, 0.3) is 5.91 Å². The lowest BCUT2D eigenvalue weighted by Crippen LogP contribution is -2.31. The second-order valence-corrected chi connectivity index (χ2v) is 9.28. The zero-order chi connectivity index (χ0) is 23.5. The van der Waals surface area contributed by atoms with E-state index in [1.165, 1.54) is 5.56 Å². The molecule has 32 heavy (non-hydrogen) atoms. The molecule has 7 heteroatoms. The van der Waals surface area contributed by atoms with E-state index in [2.05, 4.69) is 5.32 Å². The molecule has 0 aromatic heterocycles. The molecule has 3 rings (SSSR count). The number of nitrogens with two attached hydrogens (primary N) is 1. The number of hydrogen-bond acceptors (Lipinski definition) is 5. The molecule has 4 N–H and O–H groups in total. The number of rotatable bonds is 6. The van der Waals surface area contributed by atoms with Gasteiger partial charge in [-0.3, -0.25) is 9.59 Å². The summed E-state index contributed by atoms with van der Waals surface area (Å²) in [6.07, 6.45) is 2.57. The maximum atomic E-state index is 12.7. The van der Waals surface area contributed by atoms with Gasteiger partial charge < -0.3 is 20.9 Å². The van der Waals surface area contributed by atoms with E-state index in [0.717, 1.165) is 18.4 Å². The van der Waals surface area contributed by atoms with Crippen LogP contribution in [0.25, 0.3) is 0 Å². The number of carboxylic acids is 1. The summed E-state index contributed by atoms with van der Waals surface area (Å²) in [5.41, 5.74) is 9.31. The zero-order valence-corrected chi connectivity index (χ0v) is 18.7. The van der Waals surface area contributed by atoms with Crippen LogP contribution in [0.4, 0.5) is 5.69 Å². The molecule has 0 saturated carbocycles. The number of aryl methyl sites for hydroxylation is 1. The molecule has 2 aromatic carbocycles. The largest absolute Gasteiger partial charge is 0.481 e. The lowest BCUT2D eigenvalue weighted by atomic mass is 9.82. The number of esters is 1. The van der Waals surface area contributed by atoms with Crippen LogP contribution in [-0.4, -0.2) is 28.6 Å². The topological polar surface area (TPSA) is 119 Å². The van der Waals surface area contributed by atoms with E-state index in [1.807, 2.05) is 18.2 Å². The van der Waals surface area contributed by atoms with Crippen molar-refractivity contribution in [3.05, 3.63) is 64.7 Å². The minimum absolute atomic E-state index is 0.118. The SMILES string of the molecule is CC(C)(C)OC(=O)C(N)c1ccc(C(=O)Nc2ccc3c(c2)CC(CC(=O)O)CC3)cc1. The molecule has 1 aliphatic carbocycles. The Labute approximate surface area is 188 Å². The highest BCUT2D eigenvalue weighted by atomic mass is 16.6. The number of benzene rings is 2. The lowest BCUT2D eigenvalue weighted by Gasteiger charge is -2.24. The molecular formula is C25H30N2O5. The van der Waals surface area contributed by atoms with E-state index < -0.39 is 23.6 Å². The number of ether oxygens (including phenoxy) is 1. The quantitative estimate of drug-likeness (QED) is 0.589. The molecule has 0 saturated heterocycles. The summed E-state index contributed by atoms with van der Waals surface area (Å²) >= 11 is 0. The number of anilines is 1. The predicted octanol–water partition coefficient (Wildman–Crippen LogP) is 3.86. The Bertz CT molecular complexity index is 1010. The van der Waals surface area contributed by atoms with Gasteiger partial charge in [-0.05, 0) is 86.9 Å². The summed E-state index contributed by atoms with van der Waals surface area (Å²) in [5, 5.41) is 11.9. The third kappa shape index (κ3) is 6.17. The molecule has 0 bridgehead atoms. The van der Waals surface area contributed by atoms with Crippen LogP contribution in [0.3, 0.4) is 0 Å². The van der Waals surface area contributed by atoms with Gasteiger partial charge in [-0.25, -0.2) is 4.79 Å². The van der Waals surface area contributed by atoms with Crippen molar-refractivity contribution in [3.63, 3.8) is 0 Å². The van der Waals surface area contributed by atoms with E-state index in [9.17, 15) is 14.4 Å². The molecule has 0 fully saturated rings. The van der Waals surface area contributed by atoms with Crippen LogP contribution in [0, 0.1) is 5.92 Å². The second-order valence-electron chi connectivity index (χ2n) is 9.28. The Hall–Kier alpha value is -3.19. The summed E-state index contributed by atoms with van der Waals surface area (Å²) in [7, 11) is 0. The Kier molecular flexibility index (Phi) is 6.99. The van der Waals surface area contributed by atoms with Crippen molar-refractivity contribution < 1.29 is 24.2 Å². The Balaban J connectivity index is 1.65. The second kappa shape index (κ2) is 9.53. The number of fused-ring (bicyclic) bond motifs is 1. The van der Waals surface area contributed by atoms with Crippen LogP contribution in [0.5, 0.6) is 0 Å². The van der Waals surface area contributed by atoms with Crippen LogP contribution >= 0.6 is 0 Å². The monoisotopic (exact) mass is 438 g/mol. The summed E-state index contributed by atoms with van der Waals surface area (Å²) in [6, 6.07) is 11.4. The first-order chi connectivity index (χ1) is 15.0. The van der Waals surface area contributed by atoms with Gasteiger partial charge in [0, 0.05) is 17.7 Å².